The van der Waals surface area contributed by atoms with Gasteiger partial charge in [0.2, 0.25) is 0 Å². The molecule has 1 unspecified atom stereocenters. The fraction of sp³-hybridized carbons (Fsp3) is 0.615. The van der Waals surface area contributed by atoms with Crippen molar-refractivity contribution >= 4 is 11.8 Å². The summed E-state index contributed by atoms with van der Waals surface area (Å²) in [4.78, 5) is 26.9. The van der Waals surface area contributed by atoms with Crippen LogP contribution in [0.15, 0.2) is 17.2 Å². The predicted octanol–water partition coefficient (Wildman–Crippen LogP) is 1.33. The molecule has 0 saturated carbocycles. The number of aromatic nitrogens is 2. The van der Waals surface area contributed by atoms with Crippen molar-refractivity contribution in [3.8, 4) is 0 Å². The molecule has 0 saturated heterocycles. The fourth-order valence-electron chi connectivity index (χ4n) is 1.82. The lowest BCUT2D eigenvalue weighted by Crippen LogP contribution is -2.30. The topological polar surface area (TPSA) is 84.2 Å². The lowest BCUT2D eigenvalue weighted by molar-refractivity contribution is -0.142. The van der Waals surface area contributed by atoms with E-state index >= 15 is 0 Å². The van der Waals surface area contributed by atoms with Crippen molar-refractivity contribution in [2.75, 3.05) is 11.9 Å². The third kappa shape index (κ3) is 4.73. The van der Waals surface area contributed by atoms with Crippen LogP contribution in [-0.2, 0) is 11.8 Å². The highest BCUT2D eigenvalue weighted by Gasteiger charge is 2.24. The molecule has 0 fully saturated rings. The molecule has 1 aromatic heterocycles. The zero-order valence-corrected chi connectivity index (χ0v) is 11.8. The van der Waals surface area contributed by atoms with Gasteiger partial charge in [0, 0.05) is 26.0 Å². The van der Waals surface area contributed by atoms with Gasteiger partial charge in [0.05, 0.1) is 5.92 Å². The zero-order valence-electron chi connectivity index (χ0n) is 11.8. The Morgan fingerprint density at radius 3 is 2.68 bits per heavy atom. The fourth-order valence-corrected chi connectivity index (χ4v) is 1.82. The van der Waals surface area contributed by atoms with E-state index in [1.54, 1.807) is 13.2 Å². The summed E-state index contributed by atoms with van der Waals surface area (Å²) in [5.74, 6) is -1.23. The van der Waals surface area contributed by atoms with E-state index in [1.165, 1.54) is 10.8 Å². The number of anilines is 1. The summed E-state index contributed by atoms with van der Waals surface area (Å²) in [7, 11) is 1.62. The summed E-state index contributed by atoms with van der Waals surface area (Å²) in [6, 6.07) is 0. The minimum atomic E-state index is -0.866. The van der Waals surface area contributed by atoms with Gasteiger partial charge in [-0.2, -0.15) is 0 Å². The Morgan fingerprint density at radius 2 is 2.16 bits per heavy atom. The van der Waals surface area contributed by atoms with Crippen LogP contribution in [0.25, 0.3) is 0 Å². The molecule has 106 valence electrons. The van der Waals surface area contributed by atoms with Gasteiger partial charge in [-0.15, -0.1) is 0 Å². The number of carboxylic acid groups (broad SMARTS) is 1. The number of nitrogens with one attached hydrogen (secondary N) is 1. The van der Waals surface area contributed by atoms with Crippen LogP contribution in [0.3, 0.4) is 0 Å². The van der Waals surface area contributed by atoms with Crippen LogP contribution in [0.2, 0.25) is 0 Å². The van der Waals surface area contributed by atoms with Gasteiger partial charge in [-0.1, -0.05) is 20.8 Å². The first-order chi connectivity index (χ1) is 8.70. The molecule has 2 N–H and O–H groups in total. The highest BCUT2D eigenvalue weighted by molar-refractivity contribution is 5.70. The number of carboxylic acids is 1. The maximum atomic E-state index is 11.7. The van der Waals surface area contributed by atoms with Crippen molar-refractivity contribution in [1.82, 2.24) is 9.55 Å². The summed E-state index contributed by atoms with van der Waals surface area (Å²) in [6.07, 6.45) is 3.59. The van der Waals surface area contributed by atoms with Crippen LogP contribution in [0, 0.1) is 11.3 Å². The molecule has 6 nitrogen and oxygen atoms in total. The Balaban J connectivity index is 2.74. The summed E-state index contributed by atoms with van der Waals surface area (Å²) in [5, 5.41) is 12.0. The van der Waals surface area contributed by atoms with E-state index in [1.807, 2.05) is 20.8 Å². The standard InChI is InChI=1S/C13H21N3O3/c1-13(2,3)7-9(12(18)19)8-15-10-11(17)16(4)6-5-14-10/h5-6,9H,7-8H2,1-4H3,(H,14,15)(H,18,19). The Hall–Kier alpha value is -1.85. The molecule has 0 radical (unpaired) electrons. The minimum Gasteiger partial charge on any atom is -0.481 e. The first-order valence-electron chi connectivity index (χ1n) is 6.19. The molecule has 0 bridgehead atoms. The van der Waals surface area contributed by atoms with Crippen molar-refractivity contribution < 1.29 is 9.90 Å². The monoisotopic (exact) mass is 267 g/mol. The molecular formula is C13H21N3O3. The first-order valence-corrected chi connectivity index (χ1v) is 6.19. The molecule has 0 aromatic carbocycles. The molecule has 0 aliphatic rings. The normalized spacial score (nSPS) is 13.1. The number of aryl methyl sites for hydroxylation is 1. The SMILES string of the molecule is Cn1ccnc(NCC(CC(C)(C)C)C(=O)O)c1=O. The van der Waals surface area contributed by atoms with Crippen molar-refractivity contribution in [3.63, 3.8) is 0 Å². The van der Waals surface area contributed by atoms with Crippen molar-refractivity contribution in [2.45, 2.75) is 27.2 Å². The van der Waals surface area contributed by atoms with E-state index in [0.717, 1.165) is 0 Å². The summed E-state index contributed by atoms with van der Waals surface area (Å²) < 4.78 is 1.40. The molecule has 0 aliphatic heterocycles. The van der Waals surface area contributed by atoms with Gasteiger partial charge in [0.25, 0.3) is 5.56 Å². The lowest BCUT2D eigenvalue weighted by Gasteiger charge is -2.23. The van der Waals surface area contributed by atoms with Crippen molar-refractivity contribution in [1.29, 1.82) is 0 Å². The Labute approximate surface area is 112 Å². The van der Waals surface area contributed by atoms with E-state index < -0.39 is 11.9 Å². The average molecular weight is 267 g/mol. The minimum absolute atomic E-state index is 0.0835. The second kappa shape index (κ2) is 5.86. The van der Waals surface area contributed by atoms with E-state index in [2.05, 4.69) is 10.3 Å². The quantitative estimate of drug-likeness (QED) is 0.840. The molecule has 0 amide bonds. The lowest BCUT2D eigenvalue weighted by atomic mass is 9.84. The van der Waals surface area contributed by atoms with Gasteiger partial charge in [-0.25, -0.2) is 4.98 Å². The average Bonchev–Trinajstić information content (AvgIpc) is 2.27. The predicted molar refractivity (Wildman–Crippen MR) is 73.2 cm³/mol. The summed E-state index contributed by atoms with van der Waals surface area (Å²) >= 11 is 0. The van der Waals surface area contributed by atoms with Gasteiger partial charge in [0.1, 0.15) is 0 Å². The Kier molecular flexibility index (Phi) is 4.69. The van der Waals surface area contributed by atoms with Gasteiger partial charge < -0.3 is 15.0 Å². The molecule has 1 atom stereocenters. The second-order valence-corrected chi connectivity index (χ2v) is 5.87. The van der Waals surface area contributed by atoms with Gasteiger partial charge in [-0.3, -0.25) is 9.59 Å². The van der Waals surface area contributed by atoms with Gasteiger partial charge in [-0.05, 0) is 11.8 Å². The highest BCUT2D eigenvalue weighted by atomic mass is 16.4. The zero-order chi connectivity index (χ0) is 14.6. The Morgan fingerprint density at radius 1 is 1.53 bits per heavy atom. The molecule has 1 heterocycles. The summed E-state index contributed by atoms with van der Waals surface area (Å²) in [6.45, 7) is 6.16. The molecule has 0 spiro atoms. The molecule has 6 heteroatoms. The third-order valence-corrected chi connectivity index (χ3v) is 2.74. The van der Waals surface area contributed by atoms with Gasteiger partial charge in [0.15, 0.2) is 5.82 Å². The van der Waals surface area contributed by atoms with Crippen LogP contribution < -0.4 is 10.9 Å². The molecular weight excluding hydrogens is 246 g/mol. The number of carbonyl (C=O) groups is 1. The number of hydrogen-bond acceptors (Lipinski definition) is 4. The van der Waals surface area contributed by atoms with E-state index in [4.69, 9.17) is 0 Å². The molecule has 1 rings (SSSR count). The molecule has 19 heavy (non-hydrogen) atoms. The van der Waals surface area contributed by atoms with Crippen molar-refractivity contribution in [3.05, 3.63) is 22.7 Å². The van der Waals surface area contributed by atoms with Gasteiger partial charge >= 0.3 is 5.97 Å². The van der Waals surface area contributed by atoms with E-state index in [-0.39, 0.29) is 23.3 Å². The second-order valence-electron chi connectivity index (χ2n) is 5.87. The number of nitrogens with zero attached hydrogens (tertiary/aromatic N) is 2. The van der Waals surface area contributed by atoms with Crippen LogP contribution in [0.4, 0.5) is 5.82 Å². The highest BCUT2D eigenvalue weighted by Crippen LogP contribution is 2.24. The maximum Gasteiger partial charge on any atom is 0.308 e. The number of hydrogen-bond donors (Lipinski definition) is 2. The smallest absolute Gasteiger partial charge is 0.308 e. The van der Waals surface area contributed by atoms with E-state index in [0.29, 0.717) is 6.42 Å². The number of aliphatic carboxylic acids is 1. The van der Waals surface area contributed by atoms with Crippen LogP contribution in [-0.4, -0.2) is 27.2 Å². The maximum absolute atomic E-state index is 11.7. The van der Waals surface area contributed by atoms with Crippen LogP contribution >= 0.6 is 0 Å². The molecule has 0 aliphatic carbocycles. The largest absolute Gasteiger partial charge is 0.481 e. The summed E-state index contributed by atoms with van der Waals surface area (Å²) in [5.41, 5.74) is -0.345. The van der Waals surface area contributed by atoms with Crippen LogP contribution in [0.1, 0.15) is 27.2 Å². The first kappa shape index (κ1) is 15.2. The third-order valence-electron chi connectivity index (χ3n) is 2.74. The van der Waals surface area contributed by atoms with Crippen molar-refractivity contribution in [2.24, 2.45) is 18.4 Å². The van der Waals surface area contributed by atoms with E-state index in [9.17, 15) is 14.7 Å². The van der Waals surface area contributed by atoms with Crippen LogP contribution in [0.5, 0.6) is 0 Å². The molecule has 1 aromatic rings. The Bertz CT molecular complexity index is 503. The number of rotatable bonds is 5.